The number of para-hydroxylation sites is 3. The van der Waals surface area contributed by atoms with Crippen molar-refractivity contribution in [3.05, 3.63) is 58.6 Å². The average molecular weight is 394 g/mol. The van der Waals surface area contributed by atoms with Crippen LogP contribution in [0.1, 0.15) is 6.92 Å². The van der Waals surface area contributed by atoms with Gasteiger partial charge in [0.15, 0.2) is 5.65 Å². The summed E-state index contributed by atoms with van der Waals surface area (Å²) in [5.74, 6) is -0.389. The van der Waals surface area contributed by atoms with E-state index in [1.54, 1.807) is 19.1 Å². The molecule has 4 rings (SSSR count). The van der Waals surface area contributed by atoms with E-state index in [4.69, 9.17) is 0 Å². The number of anilines is 1. The molecule has 1 amide bonds. The highest BCUT2D eigenvalue weighted by Gasteiger charge is 2.21. The van der Waals surface area contributed by atoms with Crippen LogP contribution in [0.5, 0.6) is 0 Å². The summed E-state index contributed by atoms with van der Waals surface area (Å²) in [5.41, 5.74) is 2.14. The Kier molecular flexibility index (Phi) is 4.62. The molecule has 0 saturated carbocycles. The lowest BCUT2D eigenvalue weighted by atomic mass is 10.2. The fourth-order valence-electron chi connectivity index (χ4n) is 2.74. The van der Waals surface area contributed by atoms with Crippen LogP contribution in [0.2, 0.25) is 0 Å². The molecule has 0 unspecified atom stereocenters. The van der Waals surface area contributed by atoms with Gasteiger partial charge < -0.3 is 10.3 Å². The lowest BCUT2D eigenvalue weighted by molar-refractivity contribution is -0.383. The summed E-state index contributed by atoms with van der Waals surface area (Å²) in [7, 11) is 0. The Morgan fingerprint density at radius 3 is 2.75 bits per heavy atom. The number of aromatic amines is 1. The van der Waals surface area contributed by atoms with Gasteiger partial charge >= 0.3 is 0 Å². The monoisotopic (exact) mass is 394 g/mol. The van der Waals surface area contributed by atoms with Crippen molar-refractivity contribution in [2.24, 2.45) is 0 Å². The minimum absolute atomic E-state index is 0.148. The van der Waals surface area contributed by atoms with Crippen LogP contribution in [0.15, 0.2) is 53.7 Å². The number of carbonyl (C=O) groups is 1. The zero-order valence-corrected chi connectivity index (χ0v) is 15.4. The molecular formula is C18H14N6O3S. The summed E-state index contributed by atoms with van der Waals surface area (Å²) < 4.78 is 0. The van der Waals surface area contributed by atoms with E-state index in [9.17, 15) is 14.9 Å². The molecule has 1 atom stereocenters. The summed E-state index contributed by atoms with van der Waals surface area (Å²) in [6.45, 7) is 1.67. The van der Waals surface area contributed by atoms with Crippen molar-refractivity contribution in [3.63, 3.8) is 0 Å². The van der Waals surface area contributed by atoms with Gasteiger partial charge in [0.05, 0.1) is 10.2 Å². The third kappa shape index (κ3) is 3.37. The van der Waals surface area contributed by atoms with E-state index in [0.717, 1.165) is 22.7 Å². The summed E-state index contributed by atoms with van der Waals surface area (Å²) in [6.07, 6.45) is 0. The van der Waals surface area contributed by atoms with Crippen molar-refractivity contribution in [2.75, 3.05) is 5.32 Å². The highest BCUT2D eigenvalue weighted by atomic mass is 32.2. The molecule has 2 N–H and O–H groups in total. The maximum Gasteiger partial charge on any atom is 0.292 e. The van der Waals surface area contributed by atoms with Crippen LogP contribution in [-0.2, 0) is 4.79 Å². The molecule has 10 heteroatoms. The molecule has 4 aromatic rings. The first kappa shape index (κ1) is 17.9. The van der Waals surface area contributed by atoms with Crippen molar-refractivity contribution in [2.45, 2.75) is 17.3 Å². The number of hydrogen-bond donors (Lipinski definition) is 2. The fourth-order valence-corrected chi connectivity index (χ4v) is 3.45. The van der Waals surface area contributed by atoms with Gasteiger partial charge in [0.2, 0.25) is 11.1 Å². The molecule has 0 spiro atoms. The first-order chi connectivity index (χ1) is 13.5. The number of thioether (sulfide) groups is 1. The normalized spacial score (nSPS) is 12.2. The van der Waals surface area contributed by atoms with Gasteiger partial charge in [0, 0.05) is 17.0 Å². The number of amides is 1. The van der Waals surface area contributed by atoms with Crippen LogP contribution < -0.4 is 5.32 Å². The van der Waals surface area contributed by atoms with Crippen molar-refractivity contribution in [1.82, 2.24) is 20.2 Å². The molecule has 2 heterocycles. The molecule has 140 valence electrons. The Labute approximate surface area is 162 Å². The van der Waals surface area contributed by atoms with E-state index in [2.05, 4.69) is 25.5 Å². The second-order valence-corrected chi connectivity index (χ2v) is 7.29. The van der Waals surface area contributed by atoms with Crippen LogP contribution in [0.25, 0.3) is 22.1 Å². The van der Waals surface area contributed by atoms with Crippen molar-refractivity contribution < 1.29 is 9.72 Å². The maximum absolute atomic E-state index is 12.5. The van der Waals surface area contributed by atoms with Crippen LogP contribution in [0.4, 0.5) is 11.4 Å². The van der Waals surface area contributed by atoms with E-state index in [0.29, 0.717) is 16.3 Å². The number of rotatable bonds is 5. The number of H-pyrrole nitrogens is 1. The number of nitrogens with zero attached hydrogens (tertiary/aromatic N) is 4. The molecule has 0 radical (unpaired) electrons. The van der Waals surface area contributed by atoms with Gasteiger partial charge in [-0.25, -0.2) is 4.98 Å². The second-order valence-electron chi connectivity index (χ2n) is 5.99. The molecule has 0 fully saturated rings. The maximum atomic E-state index is 12.5. The van der Waals surface area contributed by atoms with Crippen molar-refractivity contribution >= 4 is 51.1 Å². The summed E-state index contributed by atoms with van der Waals surface area (Å²) >= 11 is 1.12. The molecule has 9 nitrogen and oxygen atoms in total. The Morgan fingerprint density at radius 1 is 1.18 bits per heavy atom. The molecule has 0 aliphatic heterocycles. The summed E-state index contributed by atoms with van der Waals surface area (Å²) in [6, 6.07) is 13.7. The molecule has 0 bridgehead atoms. The summed E-state index contributed by atoms with van der Waals surface area (Å²) in [4.78, 5) is 30.6. The number of hydrogen-bond acceptors (Lipinski definition) is 7. The zero-order valence-electron chi connectivity index (χ0n) is 14.6. The predicted molar refractivity (Wildman–Crippen MR) is 106 cm³/mol. The Hall–Kier alpha value is -3.53. The minimum atomic E-state index is -0.580. The third-order valence-electron chi connectivity index (χ3n) is 4.11. The molecule has 28 heavy (non-hydrogen) atoms. The standard InChI is InChI=1S/C18H14N6O3S/c1-10(17(25)20-13-8-4-5-9-14(13)24(26)27)28-18-21-16-15(22-23-18)11-6-2-3-7-12(11)19-16/h2-10H,1H3,(H,20,25)(H,19,21,23)/t10-/m0/s1. The molecule has 2 aromatic carbocycles. The van der Waals surface area contributed by atoms with Gasteiger partial charge in [0.1, 0.15) is 11.2 Å². The van der Waals surface area contributed by atoms with Crippen molar-refractivity contribution in [1.29, 1.82) is 0 Å². The predicted octanol–water partition coefficient (Wildman–Crippen LogP) is 3.53. The van der Waals surface area contributed by atoms with E-state index in [-0.39, 0.29) is 17.3 Å². The van der Waals surface area contributed by atoms with E-state index in [1.165, 1.54) is 12.1 Å². The highest BCUT2D eigenvalue weighted by molar-refractivity contribution is 8.00. The molecule has 0 aliphatic carbocycles. The van der Waals surface area contributed by atoms with Crippen LogP contribution in [0, 0.1) is 10.1 Å². The van der Waals surface area contributed by atoms with Gasteiger partial charge in [-0.05, 0) is 19.1 Å². The van der Waals surface area contributed by atoms with E-state index in [1.807, 2.05) is 24.3 Å². The first-order valence-corrected chi connectivity index (χ1v) is 9.23. The van der Waals surface area contributed by atoms with E-state index >= 15 is 0 Å². The summed E-state index contributed by atoms with van der Waals surface area (Å²) in [5, 5.41) is 22.7. The second kappa shape index (κ2) is 7.24. The number of nitrogens with one attached hydrogen (secondary N) is 2. The molecule has 2 aromatic heterocycles. The number of nitro benzene ring substituents is 1. The third-order valence-corrected chi connectivity index (χ3v) is 5.06. The minimum Gasteiger partial charge on any atom is -0.338 e. The molecule has 0 aliphatic rings. The Balaban J connectivity index is 1.53. The number of aromatic nitrogens is 4. The first-order valence-electron chi connectivity index (χ1n) is 8.35. The average Bonchev–Trinajstić information content (AvgIpc) is 3.06. The SMILES string of the molecule is C[C@H](Sc1nnc2c(n1)[nH]c1ccccc12)C(=O)Nc1ccccc1[N+](=O)[O-]. The molecule has 0 saturated heterocycles. The fraction of sp³-hybridized carbons (Fsp3) is 0.111. The van der Waals surface area contributed by atoms with Gasteiger partial charge in [0.25, 0.3) is 5.69 Å². The van der Waals surface area contributed by atoms with Gasteiger partial charge in [-0.3, -0.25) is 14.9 Å². The largest absolute Gasteiger partial charge is 0.338 e. The van der Waals surface area contributed by atoms with Crippen LogP contribution in [-0.4, -0.2) is 36.2 Å². The van der Waals surface area contributed by atoms with Crippen LogP contribution >= 0.6 is 11.8 Å². The number of nitro groups is 1. The van der Waals surface area contributed by atoms with Gasteiger partial charge in [-0.2, -0.15) is 0 Å². The number of fused-ring (bicyclic) bond motifs is 3. The Morgan fingerprint density at radius 2 is 1.93 bits per heavy atom. The van der Waals surface area contributed by atoms with E-state index < -0.39 is 10.2 Å². The Bertz CT molecular complexity index is 1210. The number of carbonyl (C=O) groups excluding carboxylic acids is 1. The smallest absolute Gasteiger partial charge is 0.292 e. The lowest BCUT2D eigenvalue weighted by Gasteiger charge is -2.10. The number of benzene rings is 2. The topological polar surface area (TPSA) is 127 Å². The van der Waals surface area contributed by atoms with Gasteiger partial charge in [-0.1, -0.05) is 42.1 Å². The van der Waals surface area contributed by atoms with Gasteiger partial charge in [-0.15, -0.1) is 10.2 Å². The quantitative estimate of drug-likeness (QED) is 0.301. The highest BCUT2D eigenvalue weighted by Crippen LogP contribution is 2.27. The van der Waals surface area contributed by atoms with Crippen LogP contribution in [0.3, 0.4) is 0 Å². The molecular weight excluding hydrogens is 380 g/mol. The van der Waals surface area contributed by atoms with Crippen molar-refractivity contribution in [3.8, 4) is 0 Å². The lowest BCUT2D eigenvalue weighted by Crippen LogP contribution is -2.23. The zero-order chi connectivity index (χ0) is 19.7.